The molecule has 0 aliphatic carbocycles. The average Bonchev–Trinajstić information content (AvgIpc) is 2.36. The zero-order valence-electron chi connectivity index (χ0n) is 6.12. The normalized spacial score (nSPS) is 23.0. The number of rotatable bonds is 2. The number of ether oxygens (including phenoxy) is 1. The van der Waals surface area contributed by atoms with Gasteiger partial charge >= 0.3 is 5.97 Å². The second kappa shape index (κ2) is 3.61. The van der Waals surface area contributed by atoms with E-state index in [1.54, 1.807) is 6.92 Å². The van der Waals surface area contributed by atoms with Crippen LogP contribution in [-0.2, 0) is 9.53 Å². The van der Waals surface area contributed by atoms with Crippen molar-refractivity contribution in [2.75, 3.05) is 13.2 Å². The summed E-state index contributed by atoms with van der Waals surface area (Å²) in [5, 5.41) is 2.04. The first-order valence-electron chi connectivity index (χ1n) is 3.35. The van der Waals surface area contributed by atoms with Gasteiger partial charge in [0.05, 0.1) is 6.61 Å². The van der Waals surface area contributed by atoms with Crippen LogP contribution in [0.2, 0.25) is 0 Å². The molecule has 4 nitrogen and oxygen atoms in total. The van der Waals surface area contributed by atoms with Gasteiger partial charge in [-0.3, -0.25) is 9.59 Å². The molecule has 1 rings (SSSR count). The van der Waals surface area contributed by atoms with Crippen LogP contribution in [-0.4, -0.2) is 29.6 Å². The molecule has 1 atom stereocenters. The molecule has 0 aromatic heterocycles. The molecule has 0 radical (unpaired) electrons. The number of hydrogen-bond acceptors (Lipinski definition) is 4. The Kier molecular flexibility index (Phi) is 2.76. The fraction of sp³-hybridized carbons (Fsp3) is 0.667. The second-order valence-corrected chi connectivity index (χ2v) is 3.20. The van der Waals surface area contributed by atoms with Crippen LogP contribution in [0.1, 0.15) is 6.92 Å². The fourth-order valence-electron chi connectivity index (χ4n) is 0.755. The molecule has 1 aliphatic rings. The number of carbonyl (C=O) groups is 2. The molecule has 11 heavy (non-hydrogen) atoms. The first-order chi connectivity index (χ1) is 5.24. The number of hydrogen-bond donors (Lipinski definition) is 1. The SMILES string of the molecule is CCOC(=O)C1CNC(=O)S1. The highest BCUT2D eigenvalue weighted by molar-refractivity contribution is 8.15. The van der Waals surface area contributed by atoms with Crippen molar-refractivity contribution in [2.45, 2.75) is 12.2 Å². The van der Waals surface area contributed by atoms with Crippen LogP contribution >= 0.6 is 11.8 Å². The van der Waals surface area contributed by atoms with Crippen molar-refractivity contribution in [3.8, 4) is 0 Å². The summed E-state index contributed by atoms with van der Waals surface area (Å²) in [6.45, 7) is 2.50. The Bertz CT molecular complexity index is 183. The van der Waals surface area contributed by atoms with E-state index in [9.17, 15) is 9.59 Å². The molecular weight excluding hydrogens is 166 g/mol. The number of carbonyl (C=O) groups excluding carboxylic acids is 2. The topological polar surface area (TPSA) is 55.4 Å². The van der Waals surface area contributed by atoms with Gasteiger partial charge in [-0.05, 0) is 18.7 Å². The largest absolute Gasteiger partial charge is 0.465 e. The van der Waals surface area contributed by atoms with Gasteiger partial charge in [0.2, 0.25) is 0 Å². The molecule has 1 heterocycles. The standard InChI is InChI=1S/C6H9NO3S/c1-2-10-5(8)4-3-7-6(9)11-4/h4H,2-3H2,1H3,(H,7,9). The van der Waals surface area contributed by atoms with Gasteiger partial charge in [0, 0.05) is 6.54 Å². The molecule has 5 heteroatoms. The second-order valence-electron chi connectivity index (χ2n) is 2.03. The minimum Gasteiger partial charge on any atom is -0.465 e. The van der Waals surface area contributed by atoms with Crippen molar-refractivity contribution < 1.29 is 14.3 Å². The number of amides is 1. The number of esters is 1. The van der Waals surface area contributed by atoms with Gasteiger partial charge in [-0.15, -0.1) is 0 Å². The lowest BCUT2D eigenvalue weighted by Crippen LogP contribution is -2.24. The third-order valence-corrected chi connectivity index (χ3v) is 2.23. The van der Waals surface area contributed by atoms with E-state index in [2.05, 4.69) is 5.32 Å². The molecule has 1 saturated heterocycles. The summed E-state index contributed by atoms with van der Waals surface area (Å²) < 4.78 is 4.72. The van der Waals surface area contributed by atoms with Crippen molar-refractivity contribution in [3.05, 3.63) is 0 Å². The van der Waals surface area contributed by atoms with Crippen LogP contribution in [0.25, 0.3) is 0 Å². The molecule has 0 saturated carbocycles. The summed E-state index contributed by atoms with van der Waals surface area (Å²) in [6.07, 6.45) is 0. The predicted octanol–water partition coefficient (Wildman–Crippen LogP) is 0.374. The van der Waals surface area contributed by atoms with Crippen molar-refractivity contribution in [1.82, 2.24) is 5.32 Å². The Labute approximate surface area is 68.7 Å². The fourth-order valence-corrected chi connectivity index (χ4v) is 1.51. The summed E-state index contributed by atoms with van der Waals surface area (Å²) in [5.41, 5.74) is 0. The molecule has 0 spiro atoms. The third kappa shape index (κ3) is 2.11. The van der Waals surface area contributed by atoms with Gasteiger partial charge in [-0.2, -0.15) is 0 Å². The molecule has 1 fully saturated rings. The Hall–Kier alpha value is -0.710. The van der Waals surface area contributed by atoms with Crippen LogP contribution in [0.4, 0.5) is 4.79 Å². The third-order valence-electron chi connectivity index (χ3n) is 1.23. The highest BCUT2D eigenvalue weighted by atomic mass is 32.2. The van der Waals surface area contributed by atoms with E-state index >= 15 is 0 Å². The van der Waals surface area contributed by atoms with E-state index < -0.39 is 0 Å². The molecule has 1 N–H and O–H groups in total. The molecule has 62 valence electrons. The summed E-state index contributed by atoms with van der Waals surface area (Å²) in [4.78, 5) is 21.6. The molecule has 0 aromatic carbocycles. The lowest BCUT2D eigenvalue weighted by molar-refractivity contribution is -0.142. The summed E-state index contributed by atoms with van der Waals surface area (Å²) in [7, 11) is 0. The van der Waals surface area contributed by atoms with Crippen molar-refractivity contribution in [2.24, 2.45) is 0 Å². The maximum Gasteiger partial charge on any atom is 0.321 e. The average molecular weight is 175 g/mol. The van der Waals surface area contributed by atoms with Crippen LogP contribution in [0.3, 0.4) is 0 Å². The Balaban J connectivity index is 2.37. The molecule has 1 amide bonds. The minimum atomic E-state index is -0.345. The van der Waals surface area contributed by atoms with E-state index in [1.165, 1.54) is 0 Å². The van der Waals surface area contributed by atoms with Crippen LogP contribution in [0, 0.1) is 0 Å². The van der Waals surface area contributed by atoms with Crippen molar-refractivity contribution in [3.63, 3.8) is 0 Å². The van der Waals surface area contributed by atoms with Gasteiger partial charge in [0.1, 0.15) is 5.25 Å². The number of nitrogens with one attached hydrogen (secondary N) is 1. The summed E-state index contributed by atoms with van der Waals surface area (Å²) in [5.74, 6) is -0.309. The van der Waals surface area contributed by atoms with E-state index in [0.717, 1.165) is 11.8 Å². The Morgan fingerprint density at radius 1 is 1.91 bits per heavy atom. The lowest BCUT2D eigenvalue weighted by atomic mass is 10.4. The predicted molar refractivity (Wildman–Crippen MR) is 41.4 cm³/mol. The monoisotopic (exact) mass is 175 g/mol. The van der Waals surface area contributed by atoms with Crippen molar-refractivity contribution >= 4 is 23.0 Å². The highest BCUT2D eigenvalue weighted by Crippen LogP contribution is 2.18. The maximum absolute atomic E-state index is 11.0. The smallest absolute Gasteiger partial charge is 0.321 e. The minimum absolute atomic E-state index is 0.150. The number of thioether (sulfide) groups is 1. The molecular formula is C6H9NO3S. The molecule has 0 bridgehead atoms. The summed E-state index contributed by atoms with van der Waals surface area (Å²) in [6, 6.07) is 0. The molecule has 1 aliphatic heterocycles. The Morgan fingerprint density at radius 2 is 2.64 bits per heavy atom. The quantitative estimate of drug-likeness (QED) is 0.616. The molecule has 0 aromatic rings. The summed E-state index contributed by atoms with van der Waals surface area (Å²) >= 11 is 0.989. The van der Waals surface area contributed by atoms with Gasteiger partial charge < -0.3 is 10.1 Å². The zero-order valence-corrected chi connectivity index (χ0v) is 6.94. The van der Waals surface area contributed by atoms with Crippen LogP contribution < -0.4 is 5.32 Å². The Morgan fingerprint density at radius 3 is 3.09 bits per heavy atom. The van der Waals surface area contributed by atoms with Gasteiger partial charge in [-0.1, -0.05) is 0 Å². The lowest BCUT2D eigenvalue weighted by Gasteiger charge is -2.03. The zero-order chi connectivity index (χ0) is 8.27. The molecule has 1 unspecified atom stereocenters. The van der Waals surface area contributed by atoms with Gasteiger partial charge in [-0.25, -0.2) is 0 Å². The van der Waals surface area contributed by atoms with Crippen molar-refractivity contribution in [1.29, 1.82) is 0 Å². The maximum atomic E-state index is 11.0. The van der Waals surface area contributed by atoms with Crippen LogP contribution in [0.5, 0.6) is 0 Å². The van der Waals surface area contributed by atoms with Gasteiger partial charge in [0.15, 0.2) is 0 Å². The first-order valence-corrected chi connectivity index (χ1v) is 4.23. The van der Waals surface area contributed by atoms with E-state index in [0.29, 0.717) is 13.2 Å². The first kappa shape index (κ1) is 8.39. The van der Waals surface area contributed by atoms with E-state index in [-0.39, 0.29) is 16.5 Å². The van der Waals surface area contributed by atoms with Gasteiger partial charge in [0.25, 0.3) is 5.24 Å². The van der Waals surface area contributed by atoms with E-state index in [1.807, 2.05) is 0 Å². The van der Waals surface area contributed by atoms with Crippen LogP contribution in [0.15, 0.2) is 0 Å². The van der Waals surface area contributed by atoms with E-state index in [4.69, 9.17) is 4.74 Å². The highest BCUT2D eigenvalue weighted by Gasteiger charge is 2.29.